The highest BCUT2D eigenvalue weighted by atomic mass is 16.5. The Hall–Kier alpha value is -2.93. The standard InChI is InChI=1S/C31H49N3O4/c1-13-22-16-15-17-23(19-22)31(9,10)25(32-11)27(35)33-26(30(6,7)8)28(36)34(12)24(20(3)4)18-21(5)29(37)38-14-2/h13,15-20,24-26,32H,1,14H2,2-12H3,(H,33,35)/b21-18+/t24-,25-,26-/m1/s1. The lowest BCUT2D eigenvalue weighted by Crippen LogP contribution is -2.61. The highest BCUT2D eigenvalue weighted by Crippen LogP contribution is 2.30. The van der Waals surface area contributed by atoms with E-state index < -0.39 is 28.9 Å². The minimum absolute atomic E-state index is 0.0331. The van der Waals surface area contributed by atoms with Gasteiger partial charge in [-0.3, -0.25) is 9.59 Å². The molecule has 0 bridgehead atoms. The molecule has 1 rings (SSSR count). The number of carbonyl (C=O) groups excluding carboxylic acids is 3. The largest absolute Gasteiger partial charge is 0.463 e. The smallest absolute Gasteiger partial charge is 0.333 e. The number of nitrogens with one attached hydrogen (secondary N) is 2. The van der Waals surface area contributed by atoms with E-state index >= 15 is 0 Å². The molecule has 2 N–H and O–H groups in total. The van der Waals surface area contributed by atoms with Gasteiger partial charge in [-0.2, -0.15) is 0 Å². The molecule has 0 heterocycles. The summed E-state index contributed by atoms with van der Waals surface area (Å²) in [6, 6.07) is 6.20. The summed E-state index contributed by atoms with van der Waals surface area (Å²) in [5, 5.41) is 6.23. The number of hydrogen-bond acceptors (Lipinski definition) is 5. The van der Waals surface area contributed by atoms with E-state index in [0.717, 1.165) is 11.1 Å². The number of esters is 1. The second kappa shape index (κ2) is 13.7. The molecule has 3 atom stereocenters. The third kappa shape index (κ3) is 8.29. The summed E-state index contributed by atoms with van der Waals surface area (Å²) < 4.78 is 5.12. The quantitative estimate of drug-likeness (QED) is 0.303. The Kier molecular flexibility index (Phi) is 12.0. The van der Waals surface area contributed by atoms with Gasteiger partial charge in [-0.05, 0) is 43.4 Å². The van der Waals surface area contributed by atoms with Crippen molar-refractivity contribution >= 4 is 23.9 Å². The number of rotatable bonds is 12. The first-order chi connectivity index (χ1) is 17.5. The van der Waals surface area contributed by atoms with Crippen molar-refractivity contribution < 1.29 is 19.1 Å². The fourth-order valence-corrected chi connectivity index (χ4v) is 4.60. The summed E-state index contributed by atoms with van der Waals surface area (Å²) in [6.07, 6.45) is 3.55. The lowest BCUT2D eigenvalue weighted by Gasteiger charge is -2.40. The normalized spacial score (nSPS) is 14.9. The first-order valence-electron chi connectivity index (χ1n) is 13.4. The van der Waals surface area contributed by atoms with Crippen LogP contribution in [0.25, 0.3) is 6.08 Å². The minimum atomic E-state index is -0.788. The van der Waals surface area contributed by atoms with Crippen molar-refractivity contribution in [1.29, 1.82) is 0 Å². The molecule has 0 aliphatic heterocycles. The Bertz CT molecular complexity index is 1020. The molecule has 7 heteroatoms. The van der Waals surface area contributed by atoms with Gasteiger partial charge in [0.05, 0.1) is 18.7 Å². The summed E-state index contributed by atoms with van der Waals surface area (Å²) >= 11 is 0. The molecule has 0 saturated carbocycles. The first kappa shape index (κ1) is 33.1. The lowest BCUT2D eigenvalue weighted by atomic mass is 9.76. The maximum absolute atomic E-state index is 13.9. The molecule has 0 aromatic heterocycles. The second-order valence-electron chi connectivity index (χ2n) is 11.8. The fraction of sp³-hybridized carbons (Fsp3) is 0.581. The number of likely N-dealkylation sites (N-methyl/N-ethyl adjacent to an activating group) is 2. The van der Waals surface area contributed by atoms with E-state index in [4.69, 9.17) is 4.74 Å². The first-order valence-corrected chi connectivity index (χ1v) is 13.4. The van der Waals surface area contributed by atoms with Crippen LogP contribution in [0.4, 0.5) is 0 Å². The number of carbonyl (C=O) groups is 3. The van der Waals surface area contributed by atoms with Crippen LogP contribution in [0.15, 0.2) is 42.5 Å². The predicted molar refractivity (Wildman–Crippen MR) is 156 cm³/mol. The molecule has 1 aromatic carbocycles. The van der Waals surface area contributed by atoms with Gasteiger partial charge < -0.3 is 20.3 Å². The van der Waals surface area contributed by atoms with Crippen molar-refractivity contribution in [3.8, 4) is 0 Å². The molecule has 7 nitrogen and oxygen atoms in total. The number of amides is 2. The highest BCUT2D eigenvalue weighted by molar-refractivity contribution is 5.92. The van der Waals surface area contributed by atoms with Gasteiger partial charge in [0.15, 0.2) is 0 Å². The molecule has 0 fully saturated rings. The van der Waals surface area contributed by atoms with E-state index in [1.54, 1.807) is 45.0 Å². The maximum atomic E-state index is 13.9. The van der Waals surface area contributed by atoms with Crippen LogP contribution in [0.3, 0.4) is 0 Å². The Morgan fingerprint density at radius 3 is 2.18 bits per heavy atom. The summed E-state index contributed by atoms with van der Waals surface area (Å²) in [5.41, 5.74) is 1.27. The molecule has 2 amide bonds. The summed E-state index contributed by atoms with van der Waals surface area (Å²) in [7, 11) is 3.47. The summed E-state index contributed by atoms with van der Waals surface area (Å²) in [5.74, 6) is -0.855. The average Bonchev–Trinajstić information content (AvgIpc) is 2.84. The van der Waals surface area contributed by atoms with Crippen LogP contribution < -0.4 is 10.6 Å². The fourth-order valence-electron chi connectivity index (χ4n) is 4.60. The number of nitrogens with zero attached hydrogens (tertiary/aromatic N) is 1. The summed E-state index contributed by atoms with van der Waals surface area (Å²) in [6.45, 7) is 21.4. The Morgan fingerprint density at radius 2 is 1.71 bits per heavy atom. The Morgan fingerprint density at radius 1 is 1.11 bits per heavy atom. The number of hydrogen-bond donors (Lipinski definition) is 2. The number of ether oxygens (including phenoxy) is 1. The molecule has 0 unspecified atom stereocenters. The molecule has 0 aliphatic carbocycles. The van der Waals surface area contributed by atoms with E-state index in [9.17, 15) is 14.4 Å². The van der Waals surface area contributed by atoms with E-state index in [1.165, 1.54) is 0 Å². The second-order valence-corrected chi connectivity index (χ2v) is 11.8. The van der Waals surface area contributed by atoms with Crippen molar-refractivity contribution in [2.45, 2.75) is 85.9 Å². The van der Waals surface area contributed by atoms with Gasteiger partial charge in [-0.1, -0.05) is 91.5 Å². The van der Waals surface area contributed by atoms with Crippen molar-refractivity contribution in [3.05, 3.63) is 53.6 Å². The zero-order chi connectivity index (χ0) is 29.4. The number of benzene rings is 1. The van der Waals surface area contributed by atoms with Crippen LogP contribution in [0.2, 0.25) is 0 Å². The van der Waals surface area contributed by atoms with Gasteiger partial charge >= 0.3 is 5.97 Å². The van der Waals surface area contributed by atoms with Crippen molar-refractivity contribution in [2.75, 3.05) is 20.7 Å². The van der Waals surface area contributed by atoms with Crippen LogP contribution >= 0.6 is 0 Å². The molecule has 212 valence electrons. The Labute approximate surface area is 230 Å². The van der Waals surface area contributed by atoms with Gasteiger partial charge in [-0.15, -0.1) is 0 Å². The van der Waals surface area contributed by atoms with Gasteiger partial charge in [0.1, 0.15) is 6.04 Å². The van der Waals surface area contributed by atoms with Gasteiger partial charge in [0.25, 0.3) is 0 Å². The summed E-state index contributed by atoms with van der Waals surface area (Å²) in [4.78, 5) is 41.5. The Balaban J connectivity index is 3.34. The molecule has 0 spiro atoms. The highest BCUT2D eigenvalue weighted by Gasteiger charge is 2.41. The van der Waals surface area contributed by atoms with Crippen LogP contribution in [-0.2, 0) is 24.5 Å². The van der Waals surface area contributed by atoms with E-state index in [1.807, 2.05) is 72.7 Å². The van der Waals surface area contributed by atoms with Gasteiger partial charge in [0, 0.05) is 18.0 Å². The van der Waals surface area contributed by atoms with Crippen LogP contribution in [-0.4, -0.2) is 61.5 Å². The molecular weight excluding hydrogens is 478 g/mol. The van der Waals surface area contributed by atoms with E-state index in [0.29, 0.717) is 5.57 Å². The van der Waals surface area contributed by atoms with Crippen molar-refractivity contribution in [2.24, 2.45) is 11.3 Å². The van der Waals surface area contributed by atoms with Gasteiger partial charge in [0.2, 0.25) is 11.8 Å². The third-order valence-corrected chi connectivity index (χ3v) is 7.03. The third-order valence-electron chi connectivity index (χ3n) is 7.03. The zero-order valence-electron chi connectivity index (χ0n) is 25.3. The van der Waals surface area contributed by atoms with Crippen molar-refractivity contribution in [1.82, 2.24) is 15.5 Å². The zero-order valence-corrected chi connectivity index (χ0v) is 25.3. The molecule has 0 radical (unpaired) electrons. The minimum Gasteiger partial charge on any atom is -0.463 e. The molecule has 0 saturated heterocycles. The average molecular weight is 528 g/mol. The van der Waals surface area contributed by atoms with Gasteiger partial charge in [-0.25, -0.2) is 4.79 Å². The maximum Gasteiger partial charge on any atom is 0.333 e. The van der Waals surface area contributed by atoms with E-state index in [-0.39, 0.29) is 30.4 Å². The molecular formula is C31H49N3O4. The predicted octanol–water partition coefficient (Wildman–Crippen LogP) is 4.72. The lowest BCUT2D eigenvalue weighted by molar-refractivity contribution is -0.141. The van der Waals surface area contributed by atoms with Crippen LogP contribution in [0.1, 0.15) is 73.4 Å². The molecule has 1 aromatic rings. The monoisotopic (exact) mass is 527 g/mol. The topological polar surface area (TPSA) is 87.7 Å². The van der Waals surface area contributed by atoms with Crippen molar-refractivity contribution in [3.63, 3.8) is 0 Å². The van der Waals surface area contributed by atoms with Crippen LogP contribution in [0.5, 0.6) is 0 Å². The van der Waals surface area contributed by atoms with E-state index in [2.05, 4.69) is 17.2 Å². The SMILES string of the molecule is C=Cc1cccc(C(C)(C)[C@H](NC)C(=O)N[C@H](C(=O)N(C)[C@H](/C=C(\C)C(=O)OCC)C(C)C)C(C)(C)C)c1. The molecule has 0 aliphatic rings. The molecule has 38 heavy (non-hydrogen) atoms. The van der Waals surface area contributed by atoms with Crippen LogP contribution in [0, 0.1) is 11.3 Å².